The molecule has 0 bridgehead atoms. The molecule has 0 atom stereocenters. The topological polar surface area (TPSA) is 59.4 Å². The van der Waals surface area contributed by atoms with Crippen LogP contribution in [0.15, 0.2) is 24.3 Å². The molecular formula is C16H22N4O. The molecule has 0 radical (unpaired) electrons. The minimum absolute atomic E-state index is 0.0886. The first kappa shape index (κ1) is 15.3. The molecule has 1 fully saturated rings. The van der Waals surface area contributed by atoms with E-state index in [9.17, 15) is 4.79 Å². The summed E-state index contributed by atoms with van der Waals surface area (Å²) in [7, 11) is 0. The predicted molar refractivity (Wildman–Crippen MR) is 83.0 cm³/mol. The molecular weight excluding hydrogens is 264 g/mol. The van der Waals surface area contributed by atoms with Crippen LogP contribution in [0.1, 0.15) is 19.4 Å². The Morgan fingerprint density at radius 1 is 1.33 bits per heavy atom. The van der Waals surface area contributed by atoms with Crippen LogP contribution in [0.5, 0.6) is 0 Å². The van der Waals surface area contributed by atoms with Gasteiger partial charge in [-0.25, -0.2) is 4.79 Å². The Morgan fingerprint density at radius 3 is 2.67 bits per heavy atom. The summed E-state index contributed by atoms with van der Waals surface area (Å²) in [5.74, 6) is 0.652. The van der Waals surface area contributed by atoms with Crippen LogP contribution in [0.2, 0.25) is 0 Å². The van der Waals surface area contributed by atoms with Gasteiger partial charge in [0.2, 0.25) is 0 Å². The lowest BCUT2D eigenvalue weighted by molar-refractivity contribution is 0.138. The minimum Gasteiger partial charge on any atom is -0.322 e. The number of rotatable bonds is 3. The van der Waals surface area contributed by atoms with Crippen molar-refractivity contribution in [2.24, 2.45) is 5.92 Å². The molecule has 5 heteroatoms. The number of nitrogens with one attached hydrogen (secondary N) is 1. The van der Waals surface area contributed by atoms with Crippen molar-refractivity contribution in [1.29, 1.82) is 5.26 Å². The van der Waals surface area contributed by atoms with Crippen LogP contribution in [0.25, 0.3) is 0 Å². The van der Waals surface area contributed by atoms with E-state index in [0.717, 1.165) is 32.7 Å². The second-order valence-corrected chi connectivity index (χ2v) is 5.80. The van der Waals surface area contributed by atoms with Crippen LogP contribution in [0, 0.1) is 17.2 Å². The number of amides is 2. The predicted octanol–water partition coefficient (Wildman–Crippen LogP) is 2.36. The maximum absolute atomic E-state index is 12.2. The number of carbonyl (C=O) groups excluding carboxylic acids is 1. The summed E-state index contributed by atoms with van der Waals surface area (Å²) >= 11 is 0. The number of hydrogen-bond acceptors (Lipinski definition) is 3. The SMILES string of the molecule is CC(C)CN1CCN(C(=O)Nc2cccc(C#N)c2)CC1. The summed E-state index contributed by atoms with van der Waals surface area (Å²) in [5, 5.41) is 11.7. The Morgan fingerprint density at radius 2 is 2.05 bits per heavy atom. The summed E-state index contributed by atoms with van der Waals surface area (Å²) < 4.78 is 0. The molecule has 0 aliphatic carbocycles. The summed E-state index contributed by atoms with van der Waals surface area (Å²) in [6, 6.07) is 8.97. The lowest BCUT2D eigenvalue weighted by Gasteiger charge is -2.35. The number of nitrogens with zero attached hydrogens (tertiary/aromatic N) is 3. The molecule has 0 saturated carbocycles. The van der Waals surface area contributed by atoms with Gasteiger partial charge in [0.15, 0.2) is 0 Å². The fraction of sp³-hybridized carbons (Fsp3) is 0.500. The van der Waals surface area contributed by atoms with E-state index in [0.29, 0.717) is 17.2 Å². The molecule has 112 valence electrons. The fourth-order valence-corrected chi connectivity index (χ4v) is 2.52. The van der Waals surface area contributed by atoms with Gasteiger partial charge in [-0.3, -0.25) is 4.90 Å². The zero-order chi connectivity index (χ0) is 15.2. The number of piperazine rings is 1. The van der Waals surface area contributed by atoms with Gasteiger partial charge in [-0.15, -0.1) is 0 Å². The molecule has 1 N–H and O–H groups in total. The summed E-state index contributed by atoms with van der Waals surface area (Å²) in [6.07, 6.45) is 0. The monoisotopic (exact) mass is 286 g/mol. The normalized spacial score (nSPS) is 15.8. The minimum atomic E-state index is -0.0886. The Bertz CT molecular complexity index is 527. The van der Waals surface area contributed by atoms with Crippen molar-refractivity contribution in [3.05, 3.63) is 29.8 Å². The smallest absolute Gasteiger partial charge is 0.321 e. The number of hydrogen-bond donors (Lipinski definition) is 1. The van der Waals surface area contributed by atoms with Crippen molar-refractivity contribution in [3.8, 4) is 6.07 Å². The van der Waals surface area contributed by atoms with Crippen LogP contribution in [0.4, 0.5) is 10.5 Å². The van der Waals surface area contributed by atoms with Gasteiger partial charge in [0, 0.05) is 38.4 Å². The molecule has 5 nitrogen and oxygen atoms in total. The fourth-order valence-electron chi connectivity index (χ4n) is 2.52. The second-order valence-electron chi connectivity index (χ2n) is 5.80. The van der Waals surface area contributed by atoms with Gasteiger partial charge in [-0.2, -0.15) is 5.26 Å². The van der Waals surface area contributed by atoms with E-state index in [4.69, 9.17) is 5.26 Å². The van der Waals surface area contributed by atoms with Gasteiger partial charge in [-0.05, 0) is 24.1 Å². The van der Waals surface area contributed by atoms with Crippen LogP contribution in [-0.2, 0) is 0 Å². The van der Waals surface area contributed by atoms with E-state index in [1.807, 2.05) is 4.90 Å². The molecule has 0 spiro atoms. The number of benzene rings is 1. The molecule has 21 heavy (non-hydrogen) atoms. The van der Waals surface area contributed by atoms with Crippen LogP contribution >= 0.6 is 0 Å². The lowest BCUT2D eigenvalue weighted by Crippen LogP contribution is -2.50. The van der Waals surface area contributed by atoms with Crippen molar-refractivity contribution < 1.29 is 4.79 Å². The highest BCUT2D eigenvalue weighted by atomic mass is 16.2. The van der Waals surface area contributed by atoms with Crippen molar-refractivity contribution in [1.82, 2.24) is 9.80 Å². The lowest BCUT2D eigenvalue weighted by atomic mass is 10.2. The average Bonchev–Trinajstić information content (AvgIpc) is 2.47. The first-order chi connectivity index (χ1) is 10.1. The highest BCUT2D eigenvalue weighted by Crippen LogP contribution is 2.12. The van der Waals surface area contributed by atoms with Crippen LogP contribution in [-0.4, -0.2) is 48.6 Å². The second kappa shape index (κ2) is 7.09. The molecule has 1 saturated heterocycles. The zero-order valence-corrected chi connectivity index (χ0v) is 12.7. The zero-order valence-electron chi connectivity index (χ0n) is 12.7. The largest absolute Gasteiger partial charge is 0.322 e. The van der Waals surface area contributed by atoms with E-state index >= 15 is 0 Å². The molecule has 0 aromatic heterocycles. The maximum Gasteiger partial charge on any atom is 0.321 e. The van der Waals surface area contributed by atoms with E-state index < -0.39 is 0 Å². The van der Waals surface area contributed by atoms with Gasteiger partial charge in [-0.1, -0.05) is 19.9 Å². The maximum atomic E-state index is 12.2. The third-order valence-corrected chi connectivity index (χ3v) is 3.53. The molecule has 1 aromatic carbocycles. The van der Waals surface area contributed by atoms with Crippen molar-refractivity contribution in [2.75, 3.05) is 38.0 Å². The molecule has 1 aliphatic heterocycles. The Hall–Kier alpha value is -2.06. The number of anilines is 1. The number of carbonyl (C=O) groups is 1. The Labute approximate surface area is 126 Å². The quantitative estimate of drug-likeness (QED) is 0.928. The van der Waals surface area contributed by atoms with E-state index in [1.165, 1.54) is 0 Å². The highest BCUT2D eigenvalue weighted by Gasteiger charge is 2.21. The molecule has 2 amide bonds. The average molecular weight is 286 g/mol. The Balaban J connectivity index is 1.86. The van der Waals surface area contributed by atoms with Crippen LogP contribution < -0.4 is 5.32 Å². The van der Waals surface area contributed by atoms with E-state index in [-0.39, 0.29) is 6.03 Å². The molecule has 1 aliphatic rings. The number of nitriles is 1. The first-order valence-corrected chi connectivity index (χ1v) is 7.37. The van der Waals surface area contributed by atoms with Gasteiger partial charge in [0.1, 0.15) is 0 Å². The van der Waals surface area contributed by atoms with Crippen molar-refractivity contribution >= 4 is 11.7 Å². The molecule has 1 heterocycles. The molecule has 2 rings (SSSR count). The first-order valence-electron chi connectivity index (χ1n) is 7.37. The number of urea groups is 1. The van der Waals surface area contributed by atoms with Gasteiger partial charge in [0.25, 0.3) is 0 Å². The van der Waals surface area contributed by atoms with E-state index in [1.54, 1.807) is 24.3 Å². The van der Waals surface area contributed by atoms with Crippen molar-refractivity contribution in [2.45, 2.75) is 13.8 Å². The van der Waals surface area contributed by atoms with Crippen molar-refractivity contribution in [3.63, 3.8) is 0 Å². The molecule has 0 unspecified atom stereocenters. The van der Waals surface area contributed by atoms with Gasteiger partial charge < -0.3 is 10.2 Å². The van der Waals surface area contributed by atoms with Gasteiger partial charge >= 0.3 is 6.03 Å². The third kappa shape index (κ3) is 4.47. The summed E-state index contributed by atoms with van der Waals surface area (Å²) in [5.41, 5.74) is 1.22. The molecule has 1 aromatic rings. The standard InChI is InChI=1S/C16H22N4O/c1-13(2)12-19-6-8-20(9-7-19)16(21)18-15-5-3-4-14(10-15)11-17/h3-5,10,13H,6-9,12H2,1-2H3,(H,18,21). The summed E-state index contributed by atoms with van der Waals surface area (Å²) in [4.78, 5) is 16.4. The highest BCUT2D eigenvalue weighted by molar-refractivity contribution is 5.89. The van der Waals surface area contributed by atoms with E-state index in [2.05, 4.69) is 30.1 Å². The van der Waals surface area contributed by atoms with Crippen LogP contribution in [0.3, 0.4) is 0 Å². The van der Waals surface area contributed by atoms with Gasteiger partial charge in [0.05, 0.1) is 11.6 Å². The summed E-state index contributed by atoms with van der Waals surface area (Å²) in [6.45, 7) is 8.84. The Kier molecular flexibility index (Phi) is 5.18. The third-order valence-electron chi connectivity index (χ3n) is 3.53.